The minimum Gasteiger partial charge on any atom is -0.506 e. The molecule has 2 aromatic rings. The molecule has 0 aromatic heterocycles. The number of unbranched alkanes of at least 4 members (excludes halogenated alkanes) is 5. The van der Waals surface area contributed by atoms with Gasteiger partial charge in [-0.3, -0.25) is 0 Å². The second-order valence-electron chi connectivity index (χ2n) is 7.43. The Labute approximate surface area is 201 Å². The number of phenols is 2. The minimum absolute atomic E-state index is 0.207. The SMILES string of the molecule is CCCCCCCCC(C)(c1cc(Br)c(O)c(Br)c1)c1cc(Br)c(O)c(Br)c1. The molecule has 0 saturated carbocycles. The molecule has 28 heavy (non-hydrogen) atoms. The Balaban J connectivity index is 2.41. The third kappa shape index (κ3) is 5.77. The molecule has 6 heteroatoms. The summed E-state index contributed by atoms with van der Waals surface area (Å²) in [7, 11) is 0. The maximum Gasteiger partial charge on any atom is 0.143 e. The van der Waals surface area contributed by atoms with E-state index in [2.05, 4.69) is 77.6 Å². The van der Waals surface area contributed by atoms with Crippen LogP contribution in [0.2, 0.25) is 0 Å². The van der Waals surface area contributed by atoms with E-state index in [1.165, 1.54) is 32.1 Å². The van der Waals surface area contributed by atoms with Crippen molar-refractivity contribution in [3.05, 3.63) is 53.3 Å². The van der Waals surface area contributed by atoms with Crippen LogP contribution in [0.5, 0.6) is 11.5 Å². The van der Waals surface area contributed by atoms with Crippen molar-refractivity contribution in [3.63, 3.8) is 0 Å². The van der Waals surface area contributed by atoms with Crippen LogP contribution in [-0.4, -0.2) is 10.2 Å². The van der Waals surface area contributed by atoms with E-state index < -0.39 is 0 Å². The number of rotatable bonds is 9. The molecule has 0 aliphatic rings. The summed E-state index contributed by atoms with van der Waals surface area (Å²) in [6.45, 7) is 4.47. The highest BCUT2D eigenvalue weighted by molar-refractivity contribution is 9.11. The molecule has 0 fully saturated rings. The van der Waals surface area contributed by atoms with Crippen molar-refractivity contribution in [1.82, 2.24) is 0 Å². The van der Waals surface area contributed by atoms with Gasteiger partial charge in [0, 0.05) is 5.41 Å². The standard InChI is InChI=1S/C22H26Br4O2/c1-3-4-5-6-7-8-9-22(2,14-10-16(23)20(27)17(24)11-14)15-12-18(25)21(28)19(26)13-15/h10-13,27-28H,3-9H2,1-2H3. The molecule has 2 N–H and O–H groups in total. The van der Waals surface area contributed by atoms with E-state index in [0.717, 1.165) is 24.0 Å². The Bertz CT molecular complexity index is 717. The van der Waals surface area contributed by atoms with Gasteiger partial charge in [-0.2, -0.15) is 0 Å². The van der Waals surface area contributed by atoms with Crippen molar-refractivity contribution in [3.8, 4) is 11.5 Å². The molecular weight excluding hydrogens is 616 g/mol. The summed E-state index contributed by atoms with van der Waals surface area (Å²) < 4.78 is 2.68. The van der Waals surface area contributed by atoms with E-state index in [4.69, 9.17) is 0 Å². The molecule has 0 amide bonds. The molecule has 2 nitrogen and oxygen atoms in total. The summed E-state index contributed by atoms with van der Waals surface area (Å²) in [5, 5.41) is 20.3. The van der Waals surface area contributed by atoms with Crippen molar-refractivity contribution in [1.29, 1.82) is 0 Å². The van der Waals surface area contributed by atoms with E-state index in [0.29, 0.717) is 17.9 Å². The summed E-state index contributed by atoms with van der Waals surface area (Å²) in [4.78, 5) is 0. The van der Waals surface area contributed by atoms with Crippen LogP contribution < -0.4 is 0 Å². The fourth-order valence-corrected chi connectivity index (χ4v) is 5.86. The molecular formula is C22H26Br4O2. The Hall–Kier alpha value is -0.0400. The zero-order valence-electron chi connectivity index (χ0n) is 16.2. The highest BCUT2D eigenvalue weighted by Crippen LogP contribution is 2.45. The Kier molecular flexibility index (Phi) is 9.37. The fourth-order valence-electron chi connectivity index (χ4n) is 3.48. The molecule has 0 aliphatic heterocycles. The van der Waals surface area contributed by atoms with Gasteiger partial charge in [0.05, 0.1) is 17.9 Å². The molecule has 2 rings (SSSR count). The van der Waals surface area contributed by atoms with E-state index in [9.17, 15) is 10.2 Å². The van der Waals surface area contributed by atoms with Crippen LogP contribution in [0.15, 0.2) is 42.2 Å². The number of hydrogen-bond acceptors (Lipinski definition) is 2. The van der Waals surface area contributed by atoms with E-state index in [1.54, 1.807) is 0 Å². The lowest BCUT2D eigenvalue weighted by Crippen LogP contribution is -2.24. The summed E-state index contributed by atoms with van der Waals surface area (Å²) in [6.07, 6.45) is 8.40. The predicted molar refractivity (Wildman–Crippen MR) is 131 cm³/mol. The average Bonchev–Trinajstić information content (AvgIpc) is 2.65. The molecule has 0 bridgehead atoms. The zero-order valence-corrected chi connectivity index (χ0v) is 22.5. The maximum atomic E-state index is 10.1. The zero-order chi connectivity index (χ0) is 20.9. The predicted octanol–water partition coefficient (Wildman–Crippen LogP) is 9.20. The number of hydrogen-bond donors (Lipinski definition) is 2. The van der Waals surface area contributed by atoms with Crippen LogP contribution in [-0.2, 0) is 5.41 Å². The third-order valence-electron chi connectivity index (χ3n) is 5.34. The molecule has 0 spiro atoms. The lowest BCUT2D eigenvalue weighted by atomic mass is 9.72. The van der Waals surface area contributed by atoms with Gasteiger partial charge < -0.3 is 10.2 Å². The monoisotopic (exact) mass is 638 g/mol. The van der Waals surface area contributed by atoms with Crippen molar-refractivity contribution in [2.24, 2.45) is 0 Å². The lowest BCUT2D eigenvalue weighted by Gasteiger charge is -2.32. The second-order valence-corrected chi connectivity index (χ2v) is 10.8. The first-order chi connectivity index (χ1) is 13.2. The van der Waals surface area contributed by atoms with E-state index in [-0.39, 0.29) is 16.9 Å². The second kappa shape index (κ2) is 10.8. The van der Waals surface area contributed by atoms with Crippen molar-refractivity contribution >= 4 is 63.7 Å². The van der Waals surface area contributed by atoms with Crippen molar-refractivity contribution in [2.75, 3.05) is 0 Å². The van der Waals surface area contributed by atoms with Gasteiger partial charge in [-0.25, -0.2) is 0 Å². The lowest BCUT2D eigenvalue weighted by molar-refractivity contribution is 0.455. The van der Waals surface area contributed by atoms with E-state index in [1.807, 2.05) is 24.3 Å². The highest BCUT2D eigenvalue weighted by atomic mass is 79.9. The summed E-state index contributed by atoms with van der Waals surface area (Å²) in [5.74, 6) is 0.414. The van der Waals surface area contributed by atoms with Crippen molar-refractivity contribution in [2.45, 2.75) is 64.2 Å². The topological polar surface area (TPSA) is 40.5 Å². The van der Waals surface area contributed by atoms with Gasteiger partial charge in [-0.1, -0.05) is 52.4 Å². The summed E-state index contributed by atoms with van der Waals surface area (Å²) in [6, 6.07) is 7.97. The van der Waals surface area contributed by atoms with Gasteiger partial charge in [0.1, 0.15) is 11.5 Å². The molecule has 0 saturated heterocycles. The van der Waals surface area contributed by atoms with E-state index >= 15 is 0 Å². The summed E-state index contributed by atoms with van der Waals surface area (Å²) in [5.41, 5.74) is 1.96. The van der Waals surface area contributed by atoms with Crippen LogP contribution in [0.25, 0.3) is 0 Å². The normalized spacial score (nSPS) is 11.8. The van der Waals surface area contributed by atoms with Gasteiger partial charge in [0.25, 0.3) is 0 Å². The quantitative estimate of drug-likeness (QED) is 0.268. The van der Waals surface area contributed by atoms with Crippen molar-refractivity contribution < 1.29 is 10.2 Å². The molecule has 0 radical (unpaired) electrons. The minimum atomic E-state index is -0.262. The first-order valence-corrected chi connectivity index (χ1v) is 12.7. The van der Waals surface area contributed by atoms with Crippen LogP contribution >= 0.6 is 63.7 Å². The molecule has 154 valence electrons. The average molecular weight is 642 g/mol. The highest BCUT2D eigenvalue weighted by Gasteiger charge is 2.31. The first kappa shape index (κ1) is 24.2. The van der Waals surface area contributed by atoms with Gasteiger partial charge in [0.15, 0.2) is 0 Å². The molecule has 0 aliphatic carbocycles. The van der Waals surface area contributed by atoms with Crippen LogP contribution in [0, 0.1) is 0 Å². The number of halogens is 4. The van der Waals surface area contributed by atoms with Crippen LogP contribution in [0.1, 0.15) is 69.9 Å². The number of phenolic OH excluding ortho intramolecular Hbond substituents is 2. The molecule has 0 unspecified atom stereocenters. The van der Waals surface area contributed by atoms with Crippen LogP contribution in [0.4, 0.5) is 0 Å². The Morgan fingerprint density at radius 1 is 0.679 bits per heavy atom. The molecule has 0 heterocycles. The Morgan fingerprint density at radius 2 is 1.04 bits per heavy atom. The van der Waals surface area contributed by atoms with Gasteiger partial charge >= 0.3 is 0 Å². The first-order valence-electron chi connectivity index (χ1n) is 9.57. The maximum absolute atomic E-state index is 10.1. The number of aromatic hydroxyl groups is 2. The van der Waals surface area contributed by atoms with Gasteiger partial charge in [0.2, 0.25) is 0 Å². The fraction of sp³-hybridized carbons (Fsp3) is 0.455. The molecule has 0 atom stereocenters. The van der Waals surface area contributed by atoms with Crippen LogP contribution in [0.3, 0.4) is 0 Å². The largest absolute Gasteiger partial charge is 0.506 e. The smallest absolute Gasteiger partial charge is 0.143 e. The van der Waals surface area contributed by atoms with Gasteiger partial charge in [-0.05, 0) is 106 Å². The molecule has 2 aromatic carbocycles. The number of benzene rings is 2. The third-order valence-corrected chi connectivity index (χ3v) is 7.76. The Morgan fingerprint density at radius 3 is 1.43 bits per heavy atom. The summed E-state index contributed by atoms with van der Waals surface area (Å²) >= 11 is 13.9. The van der Waals surface area contributed by atoms with Gasteiger partial charge in [-0.15, -0.1) is 0 Å².